The summed E-state index contributed by atoms with van der Waals surface area (Å²) in [5, 5.41) is 4.83. The van der Waals surface area contributed by atoms with Gasteiger partial charge in [0.05, 0.1) is 18.1 Å². The van der Waals surface area contributed by atoms with Gasteiger partial charge in [0.2, 0.25) is 0 Å². The van der Waals surface area contributed by atoms with Crippen LogP contribution in [-0.4, -0.2) is 51.4 Å². The lowest BCUT2D eigenvalue weighted by molar-refractivity contribution is -0.0756. The first-order chi connectivity index (χ1) is 19.0. The van der Waals surface area contributed by atoms with E-state index in [0.29, 0.717) is 35.5 Å². The third kappa shape index (κ3) is 6.51. The van der Waals surface area contributed by atoms with Crippen LogP contribution in [-0.2, 0) is 29.1 Å². The van der Waals surface area contributed by atoms with E-state index in [4.69, 9.17) is 20.3 Å². The van der Waals surface area contributed by atoms with E-state index in [1.807, 2.05) is 51.1 Å². The first-order valence-electron chi connectivity index (χ1n) is 13.5. The Kier molecular flexibility index (Phi) is 8.58. The molecule has 0 bridgehead atoms. The number of hydroxylamine groups is 2. The molecule has 4 aromatic rings. The van der Waals surface area contributed by atoms with Crippen LogP contribution in [0.2, 0.25) is 0 Å². The number of nitrogens with one attached hydrogen (secondary N) is 1. The van der Waals surface area contributed by atoms with Crippen LogP contribution in [0.4, 0.5) is 10.6 Å². The second kappa shape index (κ2) is 11.9. The number of rotatable bonds is 9. The molecule has 2 aromatic heterocycles. The highest BCUT2D eigenvalue weighted by atomic mass is 16.7. The van der Waals surface area contributed by atoms with Gasteiger partial charge in [-0.2, -0.15) is 0 Å². The number of nitrogens with zero attached hydrogens (tertiary/aromatic N) is 4. The van der Waals surface area contributed by atoms with E-state index in [-0.39, 0.29) is 5.91 Å². The maximum absolute atomic E-state index is 12.7. The first-order valence-corrected chi connectivity index (χ1v) is 13.5. The van der Waals surface area contributed by atoms with Crippen molar-refractivity contribution in [1.82, 2.24) is 24.9 Å². The van der Waals surface area contributed by atoms with Gasteiger partial charge in [0.1, 0.15) is 16.9 Å². The molecule has 10 heteroatoms. The quantitative estimate of drug-likeness (QED) is 0.276. The van der Waals surface area contributed by atoms with E-state index in [9.17, 15) is 9.59 Å². The van der Waals surface area contributed by atoms with Crippen LogP contribution in [0.1, 0.15) is 67.8 Å². The summed E-state index contributed by atoms with van der Waals surface area (Å²) in [6.45, 7) is 8.61. The number of fused-ring (bicyclic) bond motifs is 3. The van der Waals surface area contributed by atoms with Crippen molar-refractivity contribution in [2.45, 2.75) is 65.6 Å². The molecule has 0 saturated carbocycles. The third-order valence-corrected chi connectivity index (χ3v) is 6.54. The van der Waals surface area contributed by atoms with Crippen molar-refractivity contribution in [1.29, 1.82) is 0 Å². The average molecular weight is 547 g/mol. The number of amides is 2. The summed E-state index contributed by atoms with van der Waals surface area (Å²) in [5.41, 5.74) is 10.5. The van der Waals surface area contributed by atoms with Crippen LogP contribution in [0.25, 0.3) is 21.9 Å². The Morgan fingerprint density at radius 2 is 1.77 bits per heavy atom. The summed E-state index contributed by atoms with van der Waals surface area (Å²) < 4.78 is 7.52. The number of benzene rings is 2. The molecular formula is C30H38N6O4. The smallest absolute Gasteiger partial charge is 0.407 e. The molecule has 10 nitrogen and oxygen atoms in total. The highest BCUT2D eigenvalue weighted by molar-refractivity contribution is 6.08. The normalized spacial score (nSPS) is 11.7. The van der Waals surface area contributed by atoms with Gasteiger partial charge in [0.15, 0.2) is 5.82 Å². The number of aryl methyl sites for hydroxylation is 1. The number of carbonyl (C=O) groups excluding carboxylic acids is 2. The number of pyridine rings is 1. The molecule has 0 fully saturated rings. The summed E-state index contributed by atoms with van der Waals surface area (Å²) in [6, 6.07) is 13.5. The largest absolute Gasteiger partial charge is 0.444 e. The van der Waals surface area contributed by atoms with E-state index in [1.54, 1.807) is 19.2 Å². The molecule has 0 saturated heterocycles. The molecular weight excluding hydrogens is 508 g/mol. The Balaban J connectivity index is 1.68. The maximum Gasteiger partial charge on any atom is 0.407 e. The van der Waals surface area contributed by atoms with Crippen molar-refractivity contribution in [2.24, 2.45) is 0 Å². The number of alkyl carbamates (subject to hydrolysis) is 1. The Bertz CT molecular complexity index is 1520. The van der Waals surface area contributed by atoms with E-state index < -0.39 is 11.7 Å². The lowest BCUT2D eigenvalue weighted by Crippen LogP contribution is -2.32. The van der Waals surface area contributed by atoms with Crippen molar-refractivity contribution in [2.75, 3.05) is 19.9 Å². The summed E-state index contributed by atoms with van der Waals surface area (Å²) in [5.74, 6) is 0.989. The molecule has 0 radical (unpaired) electrons. The van der Waals surface area contributed by atoms with Crippen LogP contribution in [0.3, 0.4) is 0 Å². The average Bonchev–Trinajstić information content (AvgIpc) is 3.28. The van der Waals surface area contributed by atoms with Gasteiger partial charge in [-0.05, 0) is 56.5 Å². The maximum atomic E-state index is 12.7. The molecule has 0 unspecified atom stereocenters. The summed E-state index contributed by atoms with van der Waals surface area (Å²) in [6.07, 6.45) is 2.39. The molecule has 2 amide bonds. The van der Waals surface area contributed by atoms with Gasteiger partial charge < -0.3 is 20.4 Å². The van der Waals surface area contributed by atoms with Gasteiger partial charge in [-0.3, -0.25) is 9.63 Å². The lowest BCUT2D eigenvalue weighted by atomic mass is 10.1. The third-order valence-electron chi connectivity index (χ3n) is 6.54. The number of hydrogen-bond donors (Lipinski definition) is 2. The SMILES string of the molecule is CCCCc1nc2c(N)nc3cc(C(=O)N(C)OC)ccc3c2n1Cc1ccc(CNC(=O)OC(C)(C)C)cc1. The summed E-state index contributed by atoms with van der Waals surface area (Å²) in [7, 11) is 3.00. The minimum Gasteiger partial charge on any atom is -0.444 e. The number of nitrogen functional groups attached to an aromatic ring is 1. The van der Waals surface area contributed by atoms with E-state index >= 15 is 0 Å². The van der Waals surface area contributed by atoms with Gasteiger partial charge in [-0.15, -0.1) is 0 Å². The molecule has 0 spiro atoms. The van der Waals surface area contributed by atoms with Gasteiger partial charge in [0, 0.05) is 37.5 Å². The summed E-state index contributed by atoms with van der Waals surface area (Å²) in [4.78, 5) is 39.2. The van der Waals surface area contributed by atoms with Crippen molar-refractivity contribution in [3.63, 3.8) is 0 Å². The zero-order valence-electron chi connectivity index (χ0n) is 24.1. The van der Waals surface area contributed by atoms with E-state index in [1.165, 1.54) is 12.2 Å². The van der Waals surface area contributed by atoms with Crippen molar-refractivity contribution in [3.8, 4) is 0 Å². The van der Waals surface area contributed by atoms with Crippen LogP contribution in [0.5, 0.6) is 0 Å². The summed E-state index contributed by atoms with van der Waals surface area (Å²) >= 11 is 0. The zero-order valence-corrected chi connectivity index (χ0v) is 24.1. The fourth-order valence-electron chi connectivity index (χ4n) is 4.49. The van der Waals surface area contributed by atoms with Crippen LogP contribution < -0.4 is 11.1 Å². The van der Waals surface area contributed by atoms with Crippen molar-refractivity contribution < 1.29 is 19.2 Å². The Morgan fingerprint density at radius 1 is 1.07 bits per heavy atom. The Labute approximate surface area is 234 Å². The Hall–Kier alpha value is -4.18. The van der Waals surface area contributed by atoms with Crippen molar-refractivity contribution in [3.05, 3.63) is 65.0 Å². The van der Waals surface area contributed by atoms with Gasteiger partial charge in [-0.1, -0.05) is 37.6 Å². The van der Waals surface area contributed by atoms with Crippen molar-refractivity contribution >= 4 is 39.8 Å². The lowest BCUT2D eigenvalue weighted by Gasteiger charge is -2.19. The minimum absolute atomic E-state index is 0.275. The predicted octanol–water partition coefficient (Wildman–Crippen LogP) is 5.22. The highest BCUT2D eigenvalue weighted by Gasteiger charge is 2.20. The number of aromatic nitrogens is 3. The molecule has 0 aliphatic carbocycles. The molecule has 2 aromatic carbocycles. The monoisotopic (exact) mass is 546 g/mol. The first kappa shape index (κ1) is 28.8. The number of anilines is 1. The standard InChI is InChI=1S/C30H38N6O4/c1-7-8-9-24-34-25-26(22-15-14-21(28(37)35(5)39-6)16-23(22)33-27(25)31)36(24)18-20-12-10-19(11-13-20)17-32-29(38)40-30(2,3)4/h10-16H,7-9,17-18H2,1-6H3,(H2,31,33)(H,32,38). The number of imidazole rings is 1. The number of carbonyl (C=O) groups is 2. The van der Waals surface area contributed by atoms with E-state index in [0.717, 1.165) is 47.1 Å². The fraction of sp³-hybridized carbons (Fsp3) is 0.400. The molecule has 0 aliphatic heterocycles. The molecule has 212 valence electrons. The van der Waals surface area contributed by atoms with E-state index in [2.05, 4.69) is 21.8 Å². The molecule has 0 aliphatic rings. The predicted molar refractivity (Wildman–Crippen MR) is 156 cm³/mol. The topological polar surface area (TPSA) is 125 Å². The number of ether oxygens (including phenoxy) is 1. The zero-order chi connectivity index (χ0) is 29.0. The molecule has 40 heavy (non-hydrogen) atoms. The van der Waals surface area contributed by atoms with Crippen LogP contribution in [0, 0.1) is 0 Å². The number of hydrogen-bond acceptors (Lipinski definition) is 7. The molecule has 2 heterocycles. The molecule has 4 rings (SSSR count). The second-order valence-corrected chi connectivity index (χ2v) is 10.8. The second-order valence-electron chi connectivity index (χ2n) is 10.8. The highest BCUT2D eigenvalue weighted by Crippen LogP contribution is 2.31. The Morgan fingerprint density at radius 3 is 2.42 bits per heavy atom. The number of nitrogens with two attached hydrogens (primary N) is 1. The molecule has 0 atom stereocenters. The van der Waals surface area contributed by atoms with Gasteiger partial charge >= 0.3 is 6.09 Å². The van der Waals surface area contributed by atoms with Gasteiger partial charge in [-0.25, -0.2) is 19.8 Å². The fourth-order valence-corrected chi connectivity index (χ4v) is 4.49. The molecule has 3 N–H and O–H groups in total. The number of unbranched alkanes of at least 4 members (excludes halogenated alkanes) is 1. The van der Waals surface area contributed by atoms with Gasteiger partial charge in [0.25, 0.3) is 5.91 Å². The van der Waals surface area contributed by atoms with Crippen LogP contribution >= 0.6 is 0 Å². The van der Waals surface area contributed by atoms with Crippen LogP contribution in [0.15, 0.2) is 42.5 Å². The minimum atomic E-state index is -0.544.